The van der Waals surface area contributed by atoms with Crippen LogP contribution in [0.3, 0.4) is 0 Å². The van der Waals surface area contributed by atoms with Crippen molar-refractivity contribution in [2.45, 2.75) is 43.0 Å². The van der Waals surface area contributed by atoms with Gasteiger partial charge < -0.3 is 10.3 Å². The predicted octanol–water partition coefficient (Wildman–Crippen LogP) is 2.48. The van der Waals surface area contributed by atoms with Crippen LogP contribution in [0.4, 0.5) is 17.6 Å². The molecule has 0 radical (unpaired) electrons. The zero-order valence-electron chi connectivity index (χ0n) is 17.0. The molecule has 3 rings (SSSR count). The highest BCUT2D eigenvalue weighted by Gasteiger charge is 2.32. The van der Waals surface area contributed by atoms with Gasteiger partial charge in [-0.25, -0.2) is 14.2 Å². The molecule has 168 valence electrons. The second-order valence-electron chi connectivity index (χ2n) is 7.69. The van der Waals surface area contributed by atoms with E-state index in [-0.39, 0.29) is 29.4 Å². The van der Waals surface area contributed by atoms with Gasteiger partial charge in [-0.1, -0.05) is 23.9 Å². The summed E-state index contributed by atoms with van der Waals surface area (Å²) in [7, 11) is 1.11. The minimum Gasteiger partial charge on any atom is -0.329 e. The van der Waals surface area contributed by atoms with Crippen molar-refractivity contribution in [3.8, 4) is 0 Å². The topological polar surface area (TPSA) is 87.8 Å². The molecule has 0 spiro atoms. The third-order valence-corrected chi connectivity index (χ3v) is 5.86. The zero-order valence-corrected chi connectivity index (χ0v) is 17.9. The fraction of sp³-hybridized carbons (Fsp3) is 0.421. The fourth-order valence-electron chi connectivity index (χ4n) is 2.94. The number of nitrogens with two attached hydrogens (primary N) is 1. The van der Waals surface area contributed by atoms with E-state index < -0.39 is 34.5 Å². The van der Waals surface area contributed by atoms with E-state index in [9.17, 15) is 27.2 Å². The summed E-state index contributed by atoms with van der Waals surface area (Å²) in [5, 5.41) is 0.230. The maximum absolute atomic E-state index is 13.3. The third kappa shape index (κ3) is 4.85. The Bertz CT molecular complexity index is 1230. The van der Waals surface area contributed by atoms with Crippen LogP contribution in [-0.2, 0) is 20.1 Å². The number of hydrogen-bond acceptors (Lipinski definition) is 5. The van der Waals surface area contributed by atoms with E-state index in [0.29, 0.717) is 14.7 Å². The van der Waals surface area contributed by atoms with E-state index >= 15 is 0 Å². The minimum absolute atomic E-state index is 0.0409. The lowest BCUT2D eigenvalue weighted by molar-refractivity contribution is -0.140. The molecule has 0 aliphatic heterocycles. The lowest BCUT2D eigenvalue weighted by Gasteiger charge is -2.21. The summed E-state index contributed by atoms with van der Waals surface area (Å²) in [6.07, 6.45) is -4.70. The van der Waals surface area contributed by atoms with Gasteiger partial charge in [0.05, 0.1) is 6.54 Å². The Morgan fingerprint density at radius 1 is 1.10 bits per heavy atom. The molecule has 0 aliphatic carbocycles. The van der Waals surface area contributed by atoms with Crippen LogP contribution < -0.4 is 17.0 Å². The van der Waals surface area contributed by atoms with Crippen molar-refractivity contribution in [2.75, 3.05) is 6.54 Å². The van der Waals surface area contributed by atoms with E-state index in [1.54, 1.807) is 0 Å². The van der Waals surface area contributed by atoms with Crippen LogP contribution in [0.15, 0.2) is 39.0 Å². The average Bonchev–Trinajstić information content (AvgIpc) is 3.02. The number of halogens is 4. The van der Waals surface area contributed by atoms with E-state index in [1.807, 2.05) is 13.8 Å². The van der Waals surface area contributed by atoms with Gasteiger partial charge in [-0.15, -0.1) is 0 Å². The lowest BCUT2D eigenvalue weighted by Crippen LogP contribution is -2.41. The molecule has 0 saturated heterocycles. The summed E-state index contributed by atoms with van der Waals surface area (Å²) in [6.45, 7) is 2.32. The molecular formula is C19H21F4N5O2S. The summed E-state index contributed by atoms with van der Waals surface area (Å²) in [4.78, 5) is 29.6. The average molecular weight is 459 g/mol. The lowest BCUT2D eigenvalue weighted by atomic mass is 10.2. The Labute approximate surface area is 178 Å². The molecule has 12 heteroatoms. The second-order valence-corrected chi connectivity index (χ2v) is 9.37. The predicted molar refractivity (Wildman–Crippen MR) is 110 cm³/mol. The van der Waals surface area contributed by atoms with Gasteiger partial charge in [0, 0.05) is 18.3 Å². The number of fused-ring (bicyclic) bond motifs is 1. The van der Waals surface area contributed by atoms with Gasteiger partial charge in [0.1, 0.15) is 12.4 Å². The molecule has 0 unspecified atom stereocenters. The van der Waals surface area contributed by atoms with Crippen LogP contribution in [0.1, 0.15) is 19.4 Å². The molecular weight excluding hydrogens is 438 g/mol. The Morgan fingerprint density at radius 2 is 1.71 bits per heavy atom. The standard InChI is InChI=1S/C19H21F4N5O2S/c1-18(2,9-24)31-16-25-14-13(27(16)8-11-4-6-12(20)7-5-11)15(29)26(3)17(30)28(14)10-19(21,22)23/h4-7H,8-10,24H2,1-3H3. The normalized spacial score (nSPS) is 12.6. The van der Waals surface area contributed by atoms with Crippen molar-refractivity contribution in [2.24, 2.45) is 12.8 Å². The van der Waals surface area contributed by atoms with Crippen molar-refractivity contribution in [1.82, 2.24) is 18.7 Å². The third-order valence-electron chi connectivity index (χ3n) is 4.65. The largest absolute Gasteiger partial charge is 0.406 e. The number of hydrogen-bond donors (Lipinski definition) is 1. The molecule has 0 aliphatic rings. The number of alkyl halides is 3. The van der Waals surface area contributed by atoms with E-state index in [0.717, 1.165) is 7.05 Å². The summed E-state index contributed by atoms with van der Waals surface area (Å²) >= 11 is 1.18. The number of imidazole rings is 1. The number of nitrogens with zero attached hydrogens (tertiary/aromatic N) is 4. The molecule has 0 saturated carbocycles. The summed E-state index contributed by atoms with van der Waals surface area (Å²) in [6, 6.07) is 5.48. The highest BCUT2D eigenvalue weighted by atomic mass is 32.2. The first-order valence-electron chi connectivity index (χ1n) is 9.23. The van der Waals surface area contributed by atoms with E-state index in [1.165, 1.54) is 40.6 Å². The van der Waals surface area contributed by atoms with Crippen LogP contribution in [0.5, 0.6) is 0 Å². The highest BCUT2D eigenvalue weighted by molar-refractivity contribution is 8.00. The number of benzene rings is 1. The smallest absolute Gasteiger partial charge is 0.329 e. The zero-order chi connectivity index (χ0) is 23.1. The van der Waals surface area contributed by atoms with Gasteiger partial charge in [-0.3, -0.25) is 13.9 Å². The van der Waals surface area contributed by atoms with Gasteiger partial charge in [0.25, 0.3) is 5.56 Å². The molecule has 0 atom stereocenters. The van der Waals surface area contributed by atoms with E-state index in [2.05, 4.69) is 4.98 Å². The van der Waals surface area contributed by atoms with Gasteiger partial charge >= 0.3 is 11.9 Å². The molecule has 1 aromatic carbocycles. The maximum atomic E-state index is 13.3. The first kappa shape index (κ1) is 23.1. The molecule has 31 heavy (non-hydrogen) atoms. The van der Waals surface area contributed by atoms with Crippen molar-refractivity contribution in [3.05, 3.63) is 56.5 Å². The van der Waals surface area contributed by atoms with Crippen LogP contribution in [-0.4, -0.2) is 36.2 Å². The molecule has 0 bridgehead atoms. The van der Waals surface area contributed by atoms with Gasteiger partial charge in [0.2, 0.25) is 0 Å². The Morgan fingerprint density at radius 3 is 2.26 bits per heavy atom. The van der Waals surface area contributed by atoms with Crippen molar-refractivity contribution < 1.29 is 17.6 Å². The van der Waals surface area contributed by atoms with Crippen LogP contribution in [0, 0.1) is 5.82 Å². The fourth-order valence-corrected chi connectivity index (χ4v) is 3.92. The quantitative estimate of drug-likeness (QED) is 0.452. The van der Waals surface area contributed by atoms with Crippen LogP contribution in [0.25, 0.3) is 11.2 Å². The maximum Gasteiger partial charge on any atom is 0.406 e. The van der Waals surface area contributed by atoms with Crippen molar-refractivity contribution in [3.63, 3.8) is 0 Å². The first-order chi connectivity index (χ1) is 14.3. The summed E-state index contributed by atoms with van der Waals surface area (Å²) in [5.74, 6) is -0.451. The van der Waals surface area contributed by atoms with Gasteiger partial charge in [0.15, 0.2) is 16.3 Å². The molecule has 0 amide bonds. The summed E-state index contributed by atoms with van der Waals surface area (Å²) < 4.78 is 54.7. The van der Waals surface area contributed by atoms with Gasteiger partial charge in [-0.05, 0) is 31.5 Å². The first-order valence-corrected chi connectivity index (χ1v) is 10.0. The Kier molecular flexibility index (Phi) is 6.07. The highest BCUT2D eigenvalue weighted by Crippen LogP contribution is 2.33. The molecule has 2 heterocycles. The molecule has 3 aromatic rings. The van der Waals surface area contributed by atoms with Crippen LogP contribution in [0.2, 0.25) is 0 Å². The number of rotatable bonds is 6. The van der Waals surface area contributed by atoms with E-state index in [4.69, 9.17) is 5.73 Å². The molecule has 2 N–H and O–H groups in total. The van der Waals surface area contributed by atoms with Gasteiger partial charge in [-0.2, -0.15) is 13.2 Å². The monoisotopic (exact) mass is 459 g/mol. The molecule has 7 nitrogen and oxygen atoms in total. The Balaban J connectivity index is 2.33. The number of thioether (sulfide) groups is 1. The number of aromatic nitrogens is 4. The van der Waals surface area contributed by atoms with Crippen LogP contribution >= 0.6 is 11.8 Å². The van der Waals surface area contributed by atoms with Crippen molar-refractivity contribution >= 4 is 22.9 Å². The molecule has 0 fully saturated rings. The molecule has 2 aromatic heterocycles. The van der Waals surface area contributed by atoms with Crippen molar-refractivity contribution in [1.29, 1.82) is 0 Å². The second kappa shape index (κ2) is 8.15. The summed E-state index contributed by atoms with van der Waals surface area (Å²) in [5.41, 5.74) is 4.00. The SMILES string of the molecule is Cn1c(=O)c2c(nc(SC(C)(C)CN)n2Cc2ccc(F)cc2)n(CC(F)(F)F)c1=O. The minimum atomic E-state index is -4.70. The Hall–Kier alpha value is -2.60.